The van der Waals surface area contributed by atoms with E-state index in [-0.39, 0.29) is 5.43 Å². The van der Waals surface area contributed by atoms with Crippen molar-refractivity contribution in [1.29, 1.82) is 0 Å². The summed E-state index contributed by atoms with van der Waals surface area (Å²) in [7, 11) is -0.623. The van der Waals surface area contributed by atoms with Crippen LogP contribution in [-0.2, 0) is 6.55 Å². The smallest absolute Gasteiger partial charge is 0.185 e. The second-order valence-electron chi connectivity index (χ2n) is 4.68. The Kier molecular flexibility index (Phi) is 2.41. The molecular weight excluding hydrogens is 242 g/mol. The van der Waals surface area contributed by atoms with Crippen molar-refractivity contribution in [2.45, 2.75) is 13.8 Å². The molecule has 0 aromatic carbocycles. The highest BCUT2D eigenvalue weighted by molar-refractivity contribution is 6.49. The molecule has 2 heterocycles. The number of rotatable bonds is 0. The zero-order chi connectivity index (χ0) is 12.9. The summed E-state index contributed by atoms with van der Waals surface area (Å²) in [5, 5.41) is 0. The van der Waals surface area contributed by atoms with Gasteiger partial charge < -0.3 is 4.42 Å². The first kappa shape index (κ1) is 11.3. The molecule has 3 nitrogen and oxygen atoms in total. The Hall–Kier alpha value is -1.81. The van der Waals surface area contributed by atoms with Crippen LogP contribution >= 0.6 is 0 Å². The van der Waals surface area contributed by atoms with Gasteiger partial charge in [-0.25, -0.2) is 4.98 Å². The molecule has 0 bridgehead atoms. The lowest BCUT2D eigenvalue weighted by atomic mass is 10.1. The van der Waals surface area contributed by atoms with Crippen molar-refractivity contribution in [2.24, 2.45) is 6.55 Å². The molecule has 1 aromatic rings. The number of hydrogen-bond donors (Lipinski definition) is 0. The van der Waals surface area contributed by atoms with Crippen LogP contribution in [0.3, 0.4) is 0 Å². The third-order valence-corrected chi connectivity index (χ3v) is 4.62. The highest BCUT2D eigenvalue weighted by Crippen LogP contribution is 2.28. The molecule has 0 N–H and O–H groups in total. The van der Waals surface area contributed by atoms with Crippen molar-refractivity contribution in [2.75, 3.05) is 0 Å². The van der Waals surface area contributed by atoms with Crippen LogP contribution in [0.5, 0.6) is 0 Å². The molecule has 4 heteroatoms. The summed E-state index contributed by atoms with van der Waals surface area (Å²) in [5.74, 6) is 0.625. The van der Waals surface area contributed by atoms with Crippen LogP contribution in [0.2, 0.25) is 0 Å². The fraction of sp³-hybridized carbons (Fsp3) is 0.214. The predicted octanol–water partition coefficient (Wildman–Crippen LogP) is 2.47. The summed E-state index contributed by atoms with van der Waals surface area (Å²) in [6.07, 6.45) is 0. The van der Waals surface area contributed by atoms with E-state index in [1.807, 2.05) is 13.0 Å². The van der Waals surface area contributed by atoms with E-state index in [4.69, 9.17) is 4.42 Å². The zero-order valence-corrected chi connectivity index (χ0v) is 11.6. The van der Waals surface area contributed by atoms with E-state index in [1.54, 1.807) is 13.0 Å². The summed E-state index contributed by atoms with van der Waals surface area (Å²) in [6, 6.07) is 3.64. The molecule has 0 saturated carbocycles. The van der Waals surface area contributed by atoms with Gasteiger partial charge in [0.15, 0.2) is 11.2 Å². The van der Waals surface area contributed by atoms with Crippen molar-refractivity contribution in [3.63, 3.8) is 0 Å². The number of aryl methyl sites for hydroxylation is 2. The van der Waals surface area contributed by atoms with Gasteiger partial charge in [0.2, 0.25) is 0 Å². The first-order valence-corrected chi connectivity index (χ1v) is 8.03. The Bertz CT molecular complexity index is 792. The number of benzene rings is 1. The number of fused-ring (bicyclic) bond motifs is 2. The molecule has 1 aliphatic heterocycles. The summed E-state index contributed by atoms with van der Waals surface area (Å²) in [4.78, 5) is 16.4. The van der Waals surface area contributed by atoms with Gasteiger partial charge >= 0.3 is 0 Å². The molecular formula is C14H13NO2Si. The molecule has 0 radical (unpaired) electrons. The highest BCUT2D eigenvalue weighted by Gasteiger charge is 2.16. The SMILES string of the molecule is Cc1cc(=O)c(C)c2oc3c[si](C)ccc3nc1-2. The van der Waals surface area contributed by atoms with Gasteiger partial charge in [-0.3, -0.25) is 4.79 Å². The maximum atomic E-state index is 11.8. The molecule has 0 amide bonds. The van der Waals surface area contributed by atoms with Gasteiger partial charge in [0.25, 0.3) is 0 Å². The largest absolute Gasteiger partial charge is 0.453 e. The van der Waals surface area contributed by atoms with Crippen LogP contribution in [0.15, 0.2) is 32.7 Å². The Morgan fingerprint density at radius 2 is 2.11 bits per heavy atom. The highest BCUT2D eigenvalue weighted by atomic mass is 28.2. The van der Waals surface area contributed by atoms with Crippen molar-refractivity contribution in [3.8, 4) is 11.5 Å². The minimum atomic E-state index is -0.623. The Balaban J connectivity index is 2.53. The summed E-state index contributed by atoms with van der Waals surface area (Å²) in [5.41, 5.74) is 8.28. The number of hydrogen-bond acceptors (Lipinski definition) is 3. The molecule has 0 fully saturated rings. The van der Waals surface area contributed by atoms with Crippen LogP contribution in [-0.4, -0.2) is 13.4 Å². The van der Waals surface area contributed by atoms with Gasteiger partial charge in [-0.15, -0.1) is 0 Å². The molecule has 0 atom stereocenters. The Morgan fingerprint density at radius 3 is 2.89 bits per heavy atom. The summed E-state index contributed by atoms with van der Waals surface area (Å²) >= 11 is 0. The summed E-state index contributed by atoms with van der Waals surface area (Å²) in [6.45, 7) is 5.87. The minimum Gasteiger partial charge on any atom is -0.453 e. The Labute approximate surface area is 106 Å². The van der Waals surface area contributed by atoms with Crippen LogP contribution < -0.4 is 5.43 Å². The van der Waals surface area contributed by atoms with Crippen molar-refractivity contribution >= 4 is 19.5 Å². The van der Waals surface area contributed by atoms with E-state index < -0.39 is 8.40 Å². The Morgan fingerprint density at radius 1 is 1.33 bits per heavy atom. The number of aromatic nitrogens is 1. The first-order valence-electron chi connectivity index (χ1n) is 5.87. The molecule has 18 heavy (non-hydrogen) atoms. The quantitative estimate of drug-likeness (QED) is 0.458. The average Bonchev–Trinajstić information content (AvgIpc) is 2.34. The molecule has 2 aliphatic rings. The van der Waals surface area contributed by atoms with Gasteiger partial charge in [-0.1, -0.05) is 12.2 Å². The monoisotopic (exact) mass is 255 g/mol. The molecule has 0 unspecified atom stereocenters. The van der Waals surface area contributed by atoms with Gasteiger partial charge in [0.1, 0.15) is 16.8 Å². The average molecular weight is 255 g/mol. The van der Waals surface area contributed by atoms with E-state index in [1.165, 1.54) is 0 Å². The normalized spacial score (nSPS) is 11.3. The van der Waals surface area contributed by atoms with Crippen LogP contribution in [0.1, 0.15) is 11.1 Å². The van der Waals surface area contributed by atoms with Gasteiger partial charge in [-0.05, 0) is 37.2 Å². The van der Waals surface area contributed by atoms with Crippen molar-refractivity contribution in [3.05, 3.63) is 44.8 Å². The van der Waals surface area contributed by atoms with E-state index in [0.717, 1.165) is 22.4 Å². The van der Waals surface area contributed by atoms with Crippen LogP contribution in [0, 0.1) is 13.8 Å². The lowest BCUT2D eigenvalue weighted by Crippen LogP contribution is -2.09. The molecule has 90 valence electrons. The number of nitrogens with zero attached hydrogens (tertiary/aromatic N) is 1. The maximum Gasteiger partial charge on any atom is 0.185 e. The van der Waals surface area contributed by atoms with Crippen LogP contribution in [0.4, 0.5) is 0 Å². The molecule has 1 aromatic heterocycles. The summed E-state index contributed by atoms with van der Waals surface area (Å²) < 4.78 is 5.90. The maximum absolute atomic E-state index is 11.8. The third kappa shape index (κ3) is 1.61. The first-order chi connectivity index (χ1) is 8.56. The van der Waals surface area contributed by atoms with Crippen LogP contribution in [0.25, 0.3) is 22.6 Å². The standard InChI is InChI=1S/C14H13NO2Si/c1-8-6-11(16)9(2)14-13(8)15-10-4-5-18(3)7-12(10)17-14/h4-7H,1-3H3. The van der Waals surface area contributed by atoms with Gasteiger partial charge in [0.05, 0.1) is 0 Å². The van der Waals surface area contributed by atoms with E-state index in [9.17, 15) is 4.79 Å². The molecule has 1 aliphatic carbocycles. The lowest BCUT2D eigenvalue weighted by Gasteiger charge is -2.11. The van der Waals surface area contributed by atoms with Gasteiger partial charge in [0, 0.05) is 14.0 Å². The molecule has 3 rings (SSSR count). The van der Waals surface area contributed by atoms with Crippen molar-refractivity contribution in [1.82, 2.24) is 4.98 Å². The molecule has 0 spiro atoms. The topological polar surface area (TPSA) is 43.1 Å². The minimum absolute atomic E-state index is 0.0129. The van der Waals surface area contributed by atoms with Gasteiger partial charge in [-0.2, -0.15) is 0 Å². The second kappa shape index (κ2) is 3.85. The fourth-order valence-electron chi connectivity index (χ4n) is 2.13. The zero-order valence-electron chi connectivity index (χ0n) is 10.6. The lowest BCUT2D eigenvalue weighted by molar-refractivity contribution is 0.608. The van der Waals surface area contributed by atoms with Crippen molar-refractivity contribution < 1.29 is 4.42 Å². The van der Waals surface area contributed by atoms with E-state index >= 15 is 0 Å². The van der Waals surface area contributed by atoms with E-state index in [2.05, 4.69) is 22.9 Å². The van der Waals surface area contributed by atoms with E-state index in [0.29, 0.717) is 11.3 Å². The predicted molar refractivity (Wildman–Crippen MR) is 73.3 cm³/mol. The third-order valence-electron chi connectivity index (χ3n) is 3.21. The second-order valence-corrected chi connectivity index (χ2v) is 6.79. The fourth-order valence-corrected chi connectivity index (χ4v) is 3.27. The molecule has 0 saturated heterocycles.